The van der Waals surface area contributed by atoms with Gasteiger partial charge in [-0.2, -0.15) is 0 Å². The maximum absolute atomic E-state index is 12.1. The summed E-state index contributed by atoms with van der Waals surface area (Å²) in [6, 6.07) is 13.9. The lowest BCUT2D eigenvalue weighted by atomic mass is 10.1. The number of hydrogen-bond donors (Lipinski definition) is 3. The van der Waals surface area contributed by atoms with E-state index in [9.17, 15) is 9.59 Å². The van der Waals surface area contributed by atoms with E-state index in [-0.39, 0.29) is 5.91 Å². The lowest BCUT2D eigenvalue weighted by Crippen LogP contribution is -2.22. The SMILES string of the molecule is COC(=O)NCc1ccc(C(=O)Nc2ccccc2N)cc1. The number of nitrogens with two attached hydrogens (primary N) is 1. The van der Waals surface area contributed by atoms with Crippen LogP contribution in [-0.4, -0.2) is 19.1 Å². The van der Waals surface area contributed by atoms with E-state index in [1.807, 2.05) is 0 Å². The topological polar surface area (TPSA) is 93.4 Å². The van der Waals surface area contributed by atoms with Crippen molar-refractivity contribution >= 4 is 23.4 Å². The van der Waals surface area contributed by atoms with Crippen molar-refractivity contribution in [1.29, 1.82) is 0 Å². The van der Waals surface area contributed by atoms with Crippen LogP contribution in [0.5, 0.6) is 0 Å². The molecule has 0 bridgehead atoms. The number of para-hydroxylation sites is 2. The number of amides is 2. The van der Waals surface area contributed by atoms with Crippen LogP contribution in [0.2, 0.25) is 0 Å². The fraction of sp³-hybridized carbons (Fsp3) is 0.125. The van der Waals surface area contributed by atoms with E-state index < -0.39 is 6.09 Å². The van der Waals surface area contributed by atoms with Gasteiger partial charge >= 0.3 is 6.09 Å². The lowest BCUT2D eigenvalue weighted by Gasteiger charge is -2.08. The minimum Gasteiger partial charge on any atom is -0.453 e. The molecule has 2 amide bonds. The molecule has 0 fully saturated rings. The predicted molar refractivity (Wildman–Crippen MR) is 84.5 cm³/mol. The molecule has 0 spiro atoms. The van der Waals surface area contributed by atoms with E-state index in [1.54, 1.807) is 48.5 Å². The van der Waals surface area contributed by atoms with Gasteiger partial charge in [-0.25, -0.2) is 4.79 Å². The number of hydrogen-bond acceptors (Lipinski definition) is 4. The van der Waals surface area contributed by atoms with Crippen molar-refractivity contribution < 1.29 is 14.3 Å². The van der Waals surface area contributed by atoms with Crippen molar-refractivity contribution in [2.45, 2.75) is 6.54 Å². The quantitative estimate of drug-likeness (QED) is 0.756. The molecular weight excluding hydrogens is 282 g/mol. The number of nitrogens with one attached hydrogen (secondary N) is 2. The van der Waals surface area contributed by atoms with Gasteiger partial charge in [0.05, 0.1) is 18.5 Å². The van der Waals surface area contributed by atoms with Crippen LogP contribution >= 0.6 is 0 Å². The molecule has 0 unspecified atom stereocenters. The summed E-state index contributed by atoms with van der Waals surface area (Å²) in [5.41, 5.74) is 8.23. The summed E-state index contributed by atoms with van der Waals surface area (Å²) in [7, 11) is 1.30. The largest absolute Gasteiger partial charge is 0.453 e. The fourth-order valence-corrected chi connectivity index (χ4v) is 1.83. The first-order valence-corrected chi connectivity index (χ1v) is 6.67. The van der Waals surface area contributed by atoms with Gasteiger partial charge in [0, 0.05) is 12.1 Å². The van der Waals surface area contributed by atoms with Crippen molar-refractivity contribution in [1.82, 2.24) is 5.32 Å². The molecule has 6 nitrogen and oxygen atoms in total. The Kier molecular flexibility index (Phi) is 4.98. The molecule has 0 aliphatic rings. The molecule has 2 aromatic carbocycles. The van der Waals surface area contributed by atoms with Crippen LogP contribution in [0, 0.1) is 0 Å². The highest BCUT2D eigenvalue weighted by atomic mass is 16.5. The Hall–Kier alpha value is -3.02. The summed E-state index contributed by atoms with van der Waals surface area (Å²) in [6.07, 6.45) is -0.499. The Balaban J connectivity index is 1.99. The highest BCUT2D eigenvalue weighted by Crippen LogP contribution is 2.18. The van der Waals surface area contributed by atoms with Gasteiger partial charge in [-0.15, -0.1) is 0 Å². The van der Waals surface area contributed by atoms with Crippen LogP contribution in [0.4, 0.5) is 16.2 Å². The van der Waals surface area contributed by atoms with Crippen LogP contribution in [-0.2, 0) is 11.3 Å². The number of nitrogen functional groups attached to an aromatic ring is 1. The number of anilines is 2. The zero-order valence-corrected chi connectivity index (χ0v) is 12.1. The fourth-order valence-electron chi connectivity index (χ4n) is 1.83. The summed E-state index contributed by atoms with van der Waals surface area (Å²) >= 11 is 0. The zero-order chi connectivity index (χ0) is 15.9. The molecule has 0 aliphatic heterocycles. The van der Waals surface area contributed by atoms with Crippen LogP contribution in [0.3, 0.4) is 0 Å². The van der Waals surface area contributed by atoms with Gasteiger partial charge in [0.2, 0.25) is 0 Å². The number of rotatable bonds is 4. The first-order valence-electron chi connectivity index (χ1n) is 6.67. The molecular formula is C16H17N3O3. The molecule has 0 saturated carbocycles. The number of carbonyl (C=O) groups is 2. The van der Waals surface area contributed by atoms with E-state index in [1.165, 1.54) is 7.11 Å². The van der Waals surface area contributed by atoms with E-state index in [0.29, 0.717) is 23.5 Å². The average molecular weight is 299 g/mol. The van der Waals surface area contributed by atoms with E-state index in [2.05, 4.69) is 15.4 Å². The van der Waals surface area contributed by atoms with Crippen LogP contribution < -0.4 is 16.4 Å². The molecule has 0 aliphatic carbocycles. The van der Waals surface area contributed by atoms with Crippen LogP contribution in [0.15, 0.2) is 48.5 Å². The summed E-state index contributed by atoms with van der Waals surface area (Å²) in [5.74, 6) is -0.245. The first kappa shape index (κ1) is 15.4. The number of benzene rings is 2. The van der Waals surface area contributed by atoms with Gasteiger partial charge in [0.15, 0.2) is 0 Å². The Morgan fingerprint density at radius 3 is 2.41 bits per heavy atom. The molecule has 0 atom stereocenters. The van der Waals surface area contributed by atoms with Crippen molar-refractivity contribution in [3.8, 4) is 0 Å². The normalized spacial score (nSPS) is 9.86. The maximum atomic E-state index is 12.1. The van der Waals surface area contributed by atoms with Gasteiger partial charge in [-0.1, -0.05) is 24.3 Å². The molecule has 0 aromatic heterocycles. The van der Waals surface area contributed by atoms with Crippen molar-refractivity contribution in [3.63, 3.8) is 0 Å². The van der Waals surface area contributed by atoms with Crippen LogP contribution in [0.1, 0.15) is 15.9 Å². The second-order valence-electron chi connectivity index (χ2n) is 4.58. The minimum atomic E-state index is -0.499. The molecule has 2 aromatic rings. The third kappa shape index (κ3) is 3.99. The number of alkyl carbamates (subject to hydrolysis) is 1. The summed E-state index contributed by atoms with van der Waals surface area (Å²) in [4.78, 5) is 23.1. The lowest BCUT2D eigenvalue weighted by molar-refractivity contribution is 0.102. The van der Waals surface area contributed by atoms with Crippen molar-refractivity contribution in [2.75, 3.05) is 18.2 Å². The Bertz CT molecular complexity index is 669. The molecule has 0 radical (unpaired) electrons. The second kappa shape index (κ2) is 7.12. The highest BCUT2D eigenvalue weighted by molar-refractivity contribution is 6.05. The monoisotopic (exact) mass is 299 g/mol. The standard InChI is InChI=1S/C16H17N3O3/c1-22-16(21)18-10-11-6-8-12(9-7-11)15(20)19-14-5-3-2-4-13(14)17/h2-9H,10,17H2,1H3,(H,18,21)(H,19,20). The van der Waals surface area contributed by atoms with E-state index >= 15 is 0 Å². The van der Waals surface area contributed by atoms with Gasteiger partial charge in [0.25, 0.3) is 5.91 Å². The average Bonchev–Trinajstić information content (AvgIpc) is 2.55. The number of carbonyl (C=O) groups excluding carboxylic acids is 2. The Labute approximate surface area is 128 Å². The zero-order valence-electron chi connectivity index (χ0n) is 12.1. The number of ether oxygens (including phenoxy) is 1. The van der Waals surface area contributed by atoms with Crippen molar-refractivity contribution in [2.24, 2.45) is 0 Å². The minimum absolute atomic E-state index is 0.245. The molecule has 4 N–H and O–H groups in total. The van der Waals surface area contributed by atoms with Gasteiger partial charge in [-0.3, -0.25) is 4.79 Å². The third-order valence-corrected chi connectivity index (χ3v) is 3.05. The molecule has 0 heterocycles. The predicted octanol–water partition coefficient (Wildman–Crippen LogP) is 2.38. The molecule has 22 heavy (non-hydrogen) atoms. The van der Waals surface area contributed by atoms with Crippen LogP contribution in [0.25, 0.3) is 0 Å². The number of methoxy groups -OCH3 is 1. The molecule has 6 heteroatoms. The van der Waals surface area contributed by atoms with Gasteiger partial charge in [-0.05, 0) is 29.8 Å². The van der Waals surface area contributed by atoms with Gasteiger partial charge < -0.3 is 21.1 Å². The smallest absolute Gasteiger partial charge is 0.407 e. The highest BCUT2D eigenvalue weighted by Gasteiger charge is 2.08. The third-order valence-electron chi connectivity index (χ3n) is 3.05. The van der Waals surface area contributed by atoms with E-state index in [0.717, 1.165) is 5.56 Å². The maximum Gasteiger partial charge on any atom is 0.407 e. The summed E-state index contributed by atoms with van der Waals surface area (Å²) in [6.45, 7) is 0.334. The van der Waals surface area contributed by atoms with E-state index in [4.69, 9.17) is 5.73 Å². The Morgan fingerprint density at radius 1 is 1.09 bits per heavy atom. The first-order chi connectivity index (χ1) is 10.6. The van der Waals surface area contributed by atoms with Crippen molar-refractivity contribution in [3.05, 3.63) is 59.7 Å². The summed E-state index contributed by atoms with van der Waals surface area (Å²) < 4.78 is 4.49. The summed E-state index contributed by atoms with van der Waals surface area (Å²) in [5, 5.41) is 5.32. The Morgan fingerprint density at radius 2 is 1.77 bits per heavy atom. The molecule has 114 valence electrons. The van der Waals surface area contributed by atoms with Gasteiger partial charge in [0.1, 0.15) is 0 Å². The molecule has 0 saturated heterocycles. The molecule has 2 rings (SSSR count). The second-order valence-corrected chi connectivity index (χ2v) is 4.58.